The first-order valence-electron chi connectivity index (χ1n) is 8.43. The van der Waals surface area contributed by atoms with Crippen LogP contribution in [-0.4, -0.2) is 15.7 Å². The van der Waals surface area contributed by atoms with Gasteiger partial charge >= 0.3 is 0 Å². The number of aromatic nitrogens is 2. The molecule has 1 amide bonds. The van der Waals surface area contributed by atoms with Gasteiger partial charge in [0.1, 0.15) is 12.4 Å². The third kappa shape index (κ3) is 3.96. The predicted molar refractivity (Wildman–Crippen MR) is 105 cm³/mol. The number of ether oxygens (including phenoxy) is 1. The second kappa shape index (κ2) is 7.33. The summed E-state index contributed by atoms with van der Waals surface area (Å²) in [4.78, 5) is 13.1. The number of thiophene rings is 1. The molecule has 2 heterocycles. The molecule has 3 aromatic rings. The van der Waals surface area contributed by atoms with Crippen molar-refractivity contribution >= 4 is 22.9 Å². The minimum absolute atomic E-state index is 0.125. The van der Waals surface area contributed by atoms with Gasteiger partial charge in [-0.05, 0) is 50.3 Å². The van der Waals surface area contributed by atoms with E-state index in [0.29, 0.717) is 11.5 Å². The number of carbonyl (C=O) groups is 1. The van der Waals surface area contributed by atoms with E-state index in [1.807, 2.05) is 25.4 Å². The first-order chi connectivity index (χ1) is 12.3. The number of benzene rings is 1. The largest absolute Gasteiger partial charge is 0.488 e. The number of hydrogen-bond acceptors (Lipinski definition) is 4. The summed E-state index contributed by atoms with van der Waals surface area (Å²) in [6.07, 6.45) is 1.80. The molecule has 1 aromatic carbocycles. The monoisotopic (exact) mass is 369 g/mol. The molecule has 0 aliphatic rings. The molecule has 2 aromatic heterocycles. The summed E-state index contributed by atoms with van der Waals surface area (Å²) in [5.74, 6) is 0.791. The topological polar surface area (TPSA) is 56.1 Å². The zero-order valence-electron chi connectivity index (χ0n) is 15.7. The SMILES string of the molecule is Cc1cc(C)c(OCc2csc(C(=O)Nc3cn(C)nc3C)c2)c(C)c1. The Balaban J connectivity index is 1.66. The standard InChI is InChI=1S/C20H23N3O2S/c1-12-6-13(2)19(14(3)7-12)25-10-16-8-18(26-11-16)20(24)21-17-9-23(5)22-15(17)4/h6-9,11H,10H2,1-5H3,(H,21,24). The van der Waals surface area contributed by atoms with E-state index in [0.717, 1.165) is 33.8 Å². The van der Waals surface area contributed by atoms with Crippen LogP contribution in [0, 0.1) is 27.7 Å². The van der Waals surface area contributed by atoms with Gasteiger partial charge in [0, 0.05) is 18.8 Å². The van der Waals surface area contributed by atoms with Crippen LogP contribution in [0.3, 0.4) is 0 Å². The zero-order valence-corrected chi connectivity index (χ0v) is 16.5. The van der Waals surface area contributed by atoms with Crippen LogP contribution in [0.2, 0.25) is 0 Å². The van der Waals surface area contributed by atoms with Crippen LogP contribution >= 0.6 is 11.3 Å². The highest BCUT2D eigenvalue weighted by Gasteiger charge is 2.13. The van der Waals surface area contributed by atoms with Crippen molar-refractivity contribution in [3.05, 3.63) is 62.6 Å². The van der Waals surface area contributed by atoms with Crippen molar-refractivity contribution in [1.82, 2.24) is 9.78 Å². The molecule has 0 fully saturated rings. The van der Waals surface area contributed by atoms with Crippen molar-refractivity contribution in [3.8, 4) is 5.75 Å². The van der Waals surface area contributed by atoms with Gasteiger partial charge in [0.05, 0.1) is 16.3 Å². The van der Waals surface area contributed by atoms with Gasteiger partial charge in [0.25, 0.3) is 5.91 Å². The minimum atomic E-state index is -0.125. The highest BCUT2D eigenvalue weighted by molar-refractivity contribution is 7.12. The van der Waals surface area contributed by atoms with Crippen molar-refractivity contribution in [2.45, 2.75) is 34.3 Å². The fourth-order valence-electron chi connectivity index (χ4n) is 3.03. The Hall–Kier alpha value is -2.60. The molecule has 0 bridgehead atoms. The van der Waals surface area contributed by atoms with Gasteiger partial charge < -0.3 is 10.1 Å². The lowest BCUT2D eigenvalue weighted by Gasteiger charge is -2.12. The third-order valence-electron chi connectivity index (χ3n) is 4.13. The number of aryl methyl sites for hydroxylation is 5. The zero-order chi connectivity index (χ0) is 18.8. The molecule has 3 rings (SSSR count). The summed E-state index contributed by atoms with van der Waals surface area (Å²) in [7, 11) is 1.83. The Morgan fingerprint density at radius 1 is 1.19 bits per heavy atom. The number of anilines is 1. The Kier molecular flexibility index (Phi) is 5.13. The van der Waals surface area contributed by atoms with E-state index in [-0.39, 0.29) is 5.91 Å². The summed E-state index contributed by atoms with van der Waals surface area (Å²) in [5.41, 5.74) is 6.00. The maximum absolute atomic E-state index is 12.4. The van der Waals surface area contributed by atoms with Gasteiger partial charge in [0.15, 0.2) is 0 Å². The normalized spacial score (nSPS) is 10.8. The van der Waals surface area contributed by atoms with Gasteiger partial charge in [-0.25, -0.2) is 0 Å². The predicted octanol–water partition coefficient (Wildman–Crippen LogP) is 4.55. The van der Waals surface area contributed by atoms with E-state index in [2.05, 4.69) is 43.3 Å². The third-order valence-corrected chi connectivity index (χ3v) is 5.10. The highest BCUT2D eigenvalue weighted by Crippen LogP contribution is 2.26. The van der Waals surface area contributed by atoms with Crippen LogP contribution in [0.4, 0.5) is 5.69 Å². The maximum atomic E-state index is 12.4. The molecular formula is C20H23N3O2S. The fourth-order valence-corrected chi connectivity index (χ4v) is 3.82. The second-order valence-corrected chi connectivity index (χ2v) is 7.50. The quantitative estimate of drug-likeness (QED) is 0.718. The molecule has 0 unspecified atom stereocenters. The lowest BCUT2D eigenvalue weighted by Crippen LogP contribution is -2.10. The molecule has 0 saturated carbocycles. The van der Waals surface area contributed by atoms with Gasteiger partial charge in [0.2, 0.25) is 0 Å². The minimum Gasteiger partial charge on any atom is -0.488 e. The molecule has 5 nitrogen and oxygen atoms in total. The highest BCUT2D eigenvalue weighted by atomic mass is 32.1. The average Bonchev–Trinajstić information content (AvgIpc) is 3.13. The van der Waals surface area contributed by atoms with E-state index in [9.17, 15) is 4.79 Å². The number of nitrogens with zero attached hydrogens (tertiary/aromatic N) is 2. The van der Waals surface area contributed by atoms with E-state index in [1.165, 1.54) is 16.9 Å². The Bertz CT molecular complexity index is 933. The molecule has 0 radical (unpaired) electrons. The molecule has 0 atom stereocenters. The van der Waals surface area contributed by atoms with E-state index >= 15 is 0 Å². The average molecular weight is 369 g/mol. The van der Waals surface area contributed by atoms with Crippen molar-refractivity contribution < 1.29 is 9.53 Å². The lowest BCUT2D eigenvalue weighted by atomic mass is 10.1. The van der Waals surface area contributed by atoms with Gasteiger partial charge in [-0.2, -0.15) is 5.10 Å². The lowest BCUT2D eigenvalue weighted by molar-refractivity contribution is 0.103. The van der Waals surface area contributed by atoms with Gasteiger partial charge in [-0.1, -0.05) is 17.7 Å². The summed E-state index contributed by atoms with van der Waals surface area (Å²) in [6, 6.07) is 6.11. The number of hydrogen-bond donors (Lipinski definition) is 1. The Labute approximate surface area is 157 Å². The summed E-state index contributed by atoms with van der Waals surface area (Å²) >= 11 is 1.42. The van der Waals surface area contributed by atoms with Crippen LogP contribution in [0.25, 0.3) is 0 Å². The number of amides is 1. The van der Waals surface area contributed by atoms with Crippen LogP contribution in [0.1, 0.15) is 37.6 Å². The summed E-state index contributed by atoms with van der Waals surface area (Å²) in [6.45, 7) is 8.50. The molecule has 0 aliphatic heterocycles. The van der Waals surface area contributed by atoms with Crippen LogP contribution in [-0.2, 0) is 13.7 Å². The van der Waals surface area contributed by atoms with Gasteiger partial charge in [-0.3, -0.25) is 9.48 Å². The van der Waals surface area contributed by atoms with E-state index in [4.69, 9.17) is 4.74 Å². The summed E-state index contributed by atoms with van der Waals surface area (Å²) < 4.78 is 7.69. The smallest absolute Gasteiger partial charge is 0.265 e. The number of carbonyl (C=O) groups excluding carboxylic acids is 1. The van der Waals surface area contributed by atoms with Crippen molar-refractivity contribution in [3.63, 3.8) is 0 Å². The van der Waals surface area contributed by atoms with Crippen LogP contribution in [0.5, 0.6) is 5.75 Å². The molecule has 6 heteroatoms. The van der Waals surface area contributed by atoms with Crippen molar-refractivity contribution in [1.29, 1.82) is 0 Å². The fraction of sp³-hybridized carbons (Fsp3) is 0.300. The van der Waals surface area contributed by atoms with Crippen molar-refractivity contribution in [2.75, 3.05) is 5.32 Å². The molecular weight excluding hydrogens is 346 g/mol. The maximum Gasteiger partial charge on any atom is 0.265 e. The van der Waals surface area contributed by atoms with E-state index < -0.39 is 0 Å². The van der Waals surface area contributed by atoms with E-state index in [1.54, 1.807) is 10.9 Å². The Morgan fingerprint density at radius 3 is 2.50 bits per heavy atom. The second-order valence-electron chi connectivity index (χ2n) is 6.59. The molecule has 0 saturated heterocycles. The molecule has 136 valence electrons. The Morgan fingerprint density at radius 2 is 1.88 bits per heavy atom. The van der Waals surface area contributed by atoms with Crippen LogP contribution < -0.4 is 10.1 Å². The molecule has 1 N–H and O–H groups in total. The number of nitrogens with one attached hydrogen (secondary N) is 1. The first kappa shape index (κ1) is 18.2. The first-order valence-corrected chi connectivity index (χ1v) is 9.31. The number of rotatable bonds is 5. The molecule has 0 spiro atoms. The van der Waals surface area contributed by atoms with Crippen LogP contribution in [0.15, 0.2) is 29.8 Å². The molecule has 0 aliphatic carbocycles. The summed E-state index contributed by atoms with van der Waals surface area (Å²) in [5, 5.41) is 9.10. The molecule has 26 heavy (non-hydrogen) atoms. The van der Waals surface area contributed by atoms with Crippen molar-refractivity contribution in [2.24, 2.45) is 7.05 Å². The van der Waals surface area contributed by atoms with Gasteiger partial charge in [-0.15, -0.1) is 11.3 Å².